The first-order valence-corrected chi connectivity index (χ1v) is 25.2. The zero-order valence-corrected chi connectivity index (χ0v) is 39.2. The number of rotatable bonds is 16. The normalized spacial score (nSPS) is 20.4. The number of amides is 1. The number of anilines is 1. The summed E-state index contributed by atoms with van der Waals surface area (Å²) in [5.74, 6) is -4.72. The molecule has 0 radical (unpaired) electrons. The molecule has 4 aliphatic rings. The van der Waals surface area contributed by atoms with Crippen molar-refractivity contribution < 1.29 is 57.7 Å². The predicted molar refractivity (Wildman–Crippen MR) is 238 cm³/mol. The fourth-order valence-electron chi connectivity index (χ4n) is 9.24. The van der Waals surface area contributed by atoms with E-state index in [2.05, 4.69) is 32.1 Å². The van der Waals surface area contributed by atoms with E-state index in [1.54, 1.807) is 0 Å². The van der Waals surface area contributed by atoms with Gasteiger partial charge in [0.15, 0.2) is 5.82 Å². The standard InChI is InChI=1S/C46H42ClF8N7O5S2/c1-21-34-36-39(42(52)53)58-62(41(36)46(54,55)37(21)34)19-33(63)57-31(16-23-14-24(48)17-25(49)15-23)38-28(9-6-26(56-38)12-13-45(2,3)44(64)68(65)27-7-8-27)29-10-11-30(47)35-40(29)61(18-32(50)51)59-43(35)60-69(66,67)20-22-4-5-22/h6,9-11,14-15,17,21-22,27,31-32,34,37,42H,4-5,7-8,16,18-20H2,1-3H3,(H,57,63)(H,59,60)/t21-,31+,34-,37-,68?/m1/s1. The van der Waals surface area contributed by atoms with Crippen LogP contribution in [0.1, 0.15) is 98.7 Å². The van der Waals surface area contributed by atoms with Crippen molar-refractivity contribution in [2.75, 3.05) is 10.5 Å². The number of halogens is 9. The topological polar surface area (TPSA) is 164 Å². The average molecular weight is 1020 g/mol. The molecule has 366 valence electrons. The lowest BCUT2D eigenvalue weighted by molar-refractivity contribution is -0.123. The number of benzene rings is 2. The molecule has 0 bridgehead atoms. The van der Waals surface area contributed by atoms with Crippen molar-refractivity contribution in [3.63, 3.8) is 0 Å². The van der Waals surface area contributed by atoms with Crippen LogP contribution in [0.2, 0.25) is 5.02 Å². The molecule has 0 spiro atoms. The fourth-order valence-corrected chi connectivity index (χ4v) is 12.4. The maximum atomic E-state index is 15.8. The van der Waals surface area contributed by atoms with Crippen LogP contribution in [0.5, 0.6) is 0 Å². The summed E-state index contributed by atoms with van der Waals surface area (Å²) >= 11 is 4.85. The average Bonchev–Trinajstić information content (AvgIpc) is 4.21. The van der Waals surface area contributed by atoms with Gasteiger partial charge >= 0.3 is 5.12 Å². The molecule has 2 aromatic carbocycles. The maximum Gasteiger partial charge on any atom is 0.346 e. The molecule has 69 heavy (non-hydrogen) atoms. The number of pyridine rings is 1. The minimum absolute atomic E-state index is 0.0120. The minimum atomic E-state index is -4.08. The first kappa shape index (κ1) is 48.8. The van der Waals surface area contributed by atoms with Crippen LogP contribution in [-0.2, 0) is 56.2 Å². The summed E-state index contributed by atoms with van der Waals surface area (Å²) in [6.07, 6.45) is -4.24. The SMILES string of the molecule is C[C@@H]1[C@@H]2c3c(C(F)F)nn(CC(=O)N[C@@H](Cc4cc(F)cc(F)c4)c4nc(C#CC(C)(C)C(=O)[S+]([O-])C5CC5)ccc4-c4ccc(Cl)c5c(NS(=O)(=O)CC6CC6)nn(CC(F)F)c45)c3C(F)(F)[C@H]12. The van der Waals surface area contributed by atoms with Crippen molar-refractivity contribution in [1.82, 2.24) is 29.9 Å². The van der Waals surface area contributed by atoms with Gasteiger partial charge in [-0.05, 0) is 86.8 Å². The van der Waals surface area contributed by atoms with Gasteiger partial charge in [0.05, 0.1) is 33.4 Å². The van der Waals surface area contributed by atoms with Crippen molar-refractivity contribution in [2.45, 2.75) is 102 Å². The number of nitrogens with zero attached hydrogens (tertiary/aromatic N) is 5. The van der Waals surface area contributed by atoms with Crippen molar-refractivity contribution in [1.29, 1.82) is 0 Å². The van der Waals surface area contributed by atoms with Gasteiger partial charge in [-0.25, -0.2) is 44.5 Å². The maximum absolute atomic E-state index is 15.8. The number of carbonyl (C=O) groups is 2. The van der Waals surface area contributed by atoms with Crippen LogP contribution in [0.15, 0.2) is 42.5 Å². The van der Waals surface area contributed by atoms with Gasteiger partial charge < -0.3 is 9.87 Å². The van der Waals surface area contributed by atoms with E-state index in [0.29, 0.717) is 36.4 Å². The summed E-state index contributed by atoms with van der Waals surface area (Å²) in [4.78, 5) is 32.2. The van der Waals surface area contributed by atoms with Gasteiger partial charge in [-0.3, -0.25) is 18.9 Å². The predicted octanol–water partition coefficient (Wildman–Crippen LogP) is 8.95. The van der Waals surface area contributed by atoms with E-state index in [-0.39, 0.29) is 72.3 Å². The first-order chi connectivity index (χ1) is 32.4. The van der Waals surface area contributed by atoms with Gasteiger partial charge in [0, 0.05) is 58.6 Å². The molecule has 0 aliphatic heterocycles. The highest BCUT2D eigenvalue weighted by molar-refractivity contribution is 8.07. The van der Waals surface area contributed by atoms with Crippen LogP contribution in [0, 0.1) is 46.6 Å². The van der Waals surface area contributed by atoms with E-state index in [9.17, 15) is 48.9 Å². The quantitative estimate of drug-likeness (QED) is 0.0562. The zero-order chi connectivity index (χ0) is 49.6. The molecule has 3 fully saturated rings. The Morgan fingerprint density at radius 1 is 0.986 bits per heavy atom. The Kier molecular flexibility index (Phi) is 12.6. The van der Waals surface area contributed by atoms with Crippen LogP contribution in [0.25, 0.3) is 22.0 Å². The second-order valence-corrected chi connectivity index (χ2v) is 22.4. The molecule has 23 heteroatoms. The molecule has 3 saturated carbocycles. The zero-order valence-electron chi connectivity index (χ0n) is 36.8. The van der Waals surface area contributed by atoms with Crippen LogP contribution < -0.4 is 10.0 Å². The Labute approximate surface area is 398 Å². The monoisotopic (exact) mass is 1020 g/mol. The number of carbonyl (C=O) groups excluding carboxylic acids is 2. The summed E-state index contributed by atoms with van der Waals surface area (Å²) in [7, 11) is -4.08. The van der Waals surface area contributed by atoms with Gasteiger partial charge in [0.2, 0.25) is 15.9 Å². The number of sulfonamides is 1. The molecule has 1 unspecified atom stereocenters. The van der Waals surface area contributed by atoms with E-state index in [4.69, 9.17) is 16.6 Å². The smallest absolute Gasteiger partial charge is 0.346 e. The Balaban J connectivity index is 1.20. The van der Waals surface area contributed by atoms with Gasteiger partial charge in [-0.15, -0.1) is 0 Å². The van der Waals surface area contributed by atoms with Crippen molar-refractivity contribution in [3.8, 4) is 23.0 Å². The molecule has 1 amide bonds. The van der Waals surface area contributed by atoms with Crippen LogP contribution in [0.4, 0.5) is 40.9 Å². The van der Waals surface area contributed by atoms with Crippen LogP contribution in [0.3, 0.4) is 0 Å². The minimum Gasteiger partial charge on any atom is -0.609 e. The van der Waals surface area contributed by atoms with Gasteiger partial charge in [0.1, 0.15) is 52.5 Å². The van der Waals surface area contributed by atoms with Gasteiger partial charge in [-0.2, -0.15) is 19.0 Å². The Hall–Kier alpha value is -5.24. The Bertz CT molecular complexity index is 3070. The highest BCUT2D eigenvalue weighted by atomic mass is 35.5. The van der Waals surface area contributed by atoms with Crippen molar-refractivity contribution in [3.05, 3.63) is 93.0 Å². The molecule has 5 atom stereocenters. The molecule has 5 aromatic rings. The molecular formula is C46H42ClF8N7O5S2. The first-order valence-electron chi connectivity index (χ1n) is 21.9. The van der Waals surface area contributed by atoms with Crippen molar-refractivity contribution in [2.24, 2.45) is 23.2 Å². The molecule has 9 rings (SSSR count). The highest BCUT2D eigenvalue weighted by Gasteiger charge is 2.71. The number of aromatic nitrogens is 5. The number of nitrogens with one attached hydrogen (secondary N) is 2. The van der Waals surface area contributed by atoms with Crippen LogP contribution >= 0.6 is 11.6 Å². The third kappa shape index (κ3) is 9.67. The third-order valence-corrected chi connectivity index (χ3v) is 16.5. The van der Waals surface area contributed by atoms with E-state index in [1.807, 2.05) is 0 Å². The summed E-state index contributed by atoms with van der Waals surface area (Å²) in [5, 5.41) is 9.49. The second-order valence-electron chi connectivity index (χ2n) is 18.6. The van der Waals surface area contributed by atoms with E-state index in [1.165, 1.54) is 45.0 Å². The highest BCUT2D eigenvalue weighted by Crippen LogP contribution is 2.71. The number of fused-ring (bicyclic) bond motifs is 4. The third-order valence-electron chi connectivity index (χ3n) is 12.8. The largest absolute Gasteiger partial charge is 0.609 e. The molecule has 3 heterocycles. The fraction of sp³-hybridized carbons (Fsp3) is 0.457. The molecule has 12 nitrogen and oxygen atoms in total. The molecular weight excluding hydrogens is 982 g/mol. The lowest BCUT2D eigenvalue weighted by Gasteiger charge is -2.23. The molecule has 3 aromatic heterocycles. The lowest BCUT2D eigenvalue weighted by atomic mass is 9.93. The molecule has 0 saturated heterocycles. The number of hydrogen-bond donors (Lipinski definition) is 2. The molecule has 4 aliphatic carbocycles. The summed E-state index contributed by atoms with van der Waals surface area (Å²) < 4.78 is 162. The lowest BCUT2D eigenvalue weighted by Crippen LogP contribution is -2.35. The summed E-state index contributed by atoms with van der Waals surface area (Å²) in [5.41, 5.74) is -3.97. The molecule has 2 N–H and O–H groups in total. The summed E-state index contributed by atoms with van der Waals surface area (Å²) in [6.45, 7) is 2.32. The number of alkyl halides is 6. The van der Waals surface area contributed by atoms with Crippen LogP contribution in [-0.4, -0.2) is 66.0 Å². The van der Waals surface area contributed by atoms with Gasteiger partial charge in [-0.1, -0.05) is 30.5 Å². The van der Waals surface area contributed by atoms with Gasteiger partial charge in [0.25, 0.3) is 18.8 Å². The summed E-state index contributed by atoms with van der Waals surface area (Å²) in [6, 6.07) is 6.43. The van der Waals surface area contributed by atoms with E-state index < -0.39 is 123 Å². The Morgan fingerprint density at radius 3 is 2.30 bits per heavy atom. The second kappa shape index (κ2) is 17.9. The van der Waals surface area contributed by atoms with E-state index in [0.717, 1.165) is 16.8 Å². The van der Waals surface area contributed by atoms with E-state index >= 15 is 8.78 Å². The van der Waals surface area contributed by atoms with Crippen molar-refractivity contribution >= 4 is 60.5 Å². The number of hydrogen-bond acceptors (Lipinski definition) is 8. The Morgan fingerprint density at radius 2 is 1.67 bits per heavy atom.